The molecular weight excluding hydrogens is 216 g/mol. The maximum Gasteiger partial charge on any atom is 0.293 e. The van der Waals surface area contributed by atoms with Gasteiger partial charge >= 0.3 is 0 Å². The molecule has 0 amide bonds. The van der Waals surface area contributed by atoms with Gasteiger partial charge in [0.25, 0.3) is 5.69 Å². The number of anilines is 1. The van der Waals surface area contributed by atoms with Gasteiger partial charge < -0.3 is 5.32 Å². The highest BCUT2D eigenvalue weighted by Crippen LogP contribution is 2.31. The molecule has 0 heterocycles. The molecule has 0 aliphatic carbocycles. The van der Waals surface area contributed by atoms with Gasteiger partial charge in [-0.15, -0.1) is 0 Å². The van der Waals surface area contributed by atoms with Crippen LogP contribution in [0.2, 0.25) is 5.02 Å². The topological polar surface area (TPSA) is 55.2 Å². The van der Waals surface area contributed by atoms with Gasteiger partial charge in [0.1, 0.15) is 5.69 Å². The predicted octanol–water partition coefficient (Wildman–Crippen LogP) is 3.32. The van der Waals surface area contributed by atoms with Gasteiger partial charge in [-0.05, 0) is 12.0 Å². The first-order valence-electron chi connectivity index (χ1n) is 4.69. The lowest BCUT2D eigenvalue weighted by Gasteiger charge is -2.10. The van der Waals surface area contributed by atoms with Crippen molar-refractivity contribution in [2.45, 2.75) is 13.8 Å². The summed E-state index contributed by atoms with van der Waals surface area (Å²) in [5.41, 5.74) is 0.418. The Morgan fingerprint density at radius 3 is 2.73 bits per heavy atom. The molecular formula is C10H13ClN2O2. The van der Waals surface area contributed by atoms with E-state index in [-0.39, 0.29) is 5.69 Å². The highest BCUT2D eigenvalue weighted by Gasteiger charge is 2.16. The normalized spacial score (nSPS) is 10.4. The van der Waals surface area contributed by atoms with Crippen molar-refractivity contribution in [3.05, 3.63) is 33.3 Å². The Kier molecular flexibility index (Phi) is 3.91. The molecule has 0 saturated carbocycles. The summed E-state index contributed by atoms with van der Waals surface area (Å²) in [6, 6.07) is 4.65. The molecule has 1 N–H and O–H groups in total. The van der Waals surface area contributed by atoms with E-state index in [0.29, 0.717) is 23.2 Å². The fourth-order valence-electron chi connectivity index (χ4n) is 1.15. The second-order valence-corrected chi connectivity index (χ2v) is 4.07. The molecule has 0 radical (unpaired) electrons. The van der Waals surface area contributed by atoms with Crippen LogP contribution in [0.1, 0.15) is 13.8 Å². The van der Waals surface area contributed by atoms with Gasteiger partial charge in [0.15, 0.2) is 0 Å². The Bertz CT molecular complexity index is 366. The van der Waals surface area contributed by atoms with E-state index in [4.69, 9.17) is 11.6 Å². The largest absolute Gasteiger partial charge is 0.378 e. The zero-order chi connectivity index (χ0) is 11.4. The number of nitro groups is 1. The van der Waals surface area contributed by atoms with Gasteiger partial charge in [-0.25, -0.2) is 0 Å². The summed E-state index contributed by atoms with van der Waals surface area (Å²) < 4.78 is 0. The fraction of sp³-hybridized carbons (Fsp3) is 0.400. The minimum absolute atomic E-state index is 0.0168. The van der Waals surface area contributed by atoms with Gasteiger partial charge in [-0.3, -0.25) is 10.1 Å². The highest BCUT2D eigenvalue weighted by atomic mass is 35.5. The lowest BCUT2D eigenvalue weighted by molar-refractivity contribution is -0.383. The first kappa shape index (κ1) is 11.8. The third kappa shape index (κ3) is 3.09. The van der Waals surface area contributed by atoms with Gasteiger partial charge in [-0.2, -0.15) is 0 Å². The van der Waals surface area contributed by atoms with Crippen molar-refractivity contribution in [1.82, 2.24) is 0 Å². The van der Waals surface area contributed by atoms with Crippen LogP contribution in [0, 0.1) is 16.0 Å². The molecule has 4 nitrogen and oxygen atoms in total. The second kappa shape index (κ2) is 4.98. The van der Waals surface area contributed by atoms with Crippen molar-refractivity contribution in [3.63, 3.8) is 0 Å². The van der Waals surface area contributed by atoms with Crippen molar-refractivity contribution in [2.24, 2.45) is 5.92 Å². The molecule has 5 heteroatoms. The zero-order valence-electron chi connectivity index (χ0n) is 8.66. The van der Waals surface area contributed by atoms with Crippen LogP contribution in [-0.4, -0.2) is 11.5 Å². The second-order valence-electron chi connectivity index (χ2n) is 3.67. The minimum atomic E-state index is -0.436. The quantitative estimate of drug-likeness (QED) is 0.635. The summed E-state index contributed by atoms with van der Waals surface area (Å²) in [4.78, 5) is 10.3. The van der Waals surface area contributed by atoms with Gasteiger partial charge in [0, 0.05) is 12.6 Å². The fourth-order valence-corrected chi connectivity index (χ4v) is 1.38. The van der Waals surface area contributed by atoms with E-state index < -0.39 is 4.92 Å². The lowest BCUT2D eigenvalue weighted by atomic mass is 10.2. The van der Waals surface area contributed by atoms with Crippen LogP contribution in [0.3, 0.4) is 0 Å². The minimum Gasteiger partial charge on any atom is -0.378 e. The van der Waals surface area contributed by atoms with E-state index in [1.54, 1.807) is 12.1 Å². The molecule has 0 unspecified atom stereocenters. The van der Waals surface area contributed by atoms with E-state index >= 15 is 0 Å². The van der Waals surface area contributed by atoms with Crippen molar-refractivity contribution in [3.8, 4) is 0 Å². The Hall–Kier alpha value is -1.29. The molecule has 0 aliphatic heterocycles. The number of benzene rings is 1. The molecule has 1 rings (SSSR count). The smallest absolute Gasteiger partial charge is 0.293 e. The van der Waals surface area contributed by atoms with Crippen LogP contribution in [0.5, 0.6) is 0 Å². The Morgan fingerprint density at radius 2 is 2.20 bits per heavy atom. The Labute approximate surface area is 93.4 Å². The Balaban J connectivity index is 2.97. The summed E-state index contributed by atoms with van der Waals surface area (Å²) in [7, 11) is 0. The summed E-state index contributed by atoms with van der Waals surface area (Å²) in [6.45, 7) is 4.70. The van der Waals surface area contributed by atoms with Gasteiger partial charge in [-0.1, -0.05) is 31.5 Å². The van der Waals surface area contributed by atoms with E-state index in [1.807, 2.05) is 13.8 Å². The van der Waals surface area contributed by atoms with E-state index in [2.05, 4.69) is 5.32 Å². The van der Waals surface area contributed by atoms with Crippen molar-refractivity contribution in [1.29, 1.82) is 0 Å². The molecule has 0 atom stereocenters. The standard InChI is InChI=1S/C10H13ClN2O2/c1-7(2)6-12-10-8(11)4-3-5-9(10)13(14)15/h3-5,7,12H,6H2,1-2H3. The number of nitrogens with one attached hydrogen (secondary N) is 1. The SMILES string of the molecule is CC(C)CNc1c(Cl)cccc1[N+](=O)[O-]. The Morgan fingerprint density at radius 1 is 1.53 bits per heavy atom. The molecule has 0 fully saturated rings. The average Bonchev–Trinajstić information content (AvgIpc) is 2.15. The maximum absolute atomic E-state index is 10.7. The van der Waals surface area contributed by atoms with Crippen LogP contribution in [0.25, 0.3) is 0 Å². The van der Waals surface area contributed by atoms with Gasteiger partial charge in [0.05, 0.1) is 9.95 Å². The van der Waals surface area contributed by atoms with Crippen LogP contribution in [-0.2, 0) is 0 Å². The third-order valence-corrected chi connectivity index (χ3v) is 2.19. The molecule has 1 aromatic rings. The highest BCUT2D eigenvalue weighted by molar-refractivity contribution is 6.33. The lowest BCUT2D eigenvalue weighted by Crippen LogP contribution is -2.09. The summed E-state index contributed by atoms with van der Waals surface area (Å²) in [5, 5.41) is 14.1. The zero-order valence-corrected chi connectivity index (χ0v) is 9.41. The van der Waals surface area contributed by atoms with E-state index in [0.717, 1.165) is 0 Å². The first-order chi connectivity index (χ1) is 7.02. The predicted molar refractivity (Wildman–Crippen MR) is 61.4 cm³/mol. The van der Waals surface area contributed by atoms with Crippen LogP contribution in [0.15, 0.2) is 18.2 Å². The number of rotatable bonds is 4. The molecule has 0 spiro atoms. The third-order valence-electron chi connectivity index (χ3n) is 1.88. The summed E-state index contributed by atoms with van der Waals surface area (Å²) in [5.74, 6) is 0.404. The van der Waals surface area contributed by atoms with Crippen LogP contribution >= 0.6 is 11.6 Å². The number of hydrogen-bond acceptors (Lipinski definition) is 3. The van der Waals surface area contributed by atoms with Crippen LogP contribution < -0.4 is 5.32 Å². The molecule has 0 bridgehead atoms. The van der Waals surface area contributed by atoms with E-state index in [9.17, 15) is 10.1 Å². The van der Waals surface area contributed by atoms with Crippen molar-refractivity contribution >= 4 is 23.0 Å². The number of nitro benzene ring substituents is 1. The summed E-state index contributed by atoms with van der Waals surface area (Å²) >= 11 is 5.89. The monoisotopic (exact) mass is 228 g/mol. The number of halogens is 1. The molecule has 82 valence electrons. The van der Waals surface area contributed by atoms with Gasteiger partial charge in [0.2, 0.25) is 0 Å². The number of para-hydroxylation sites is 1. The van der Waals surface area contributed by atoms with E-state index in [1.165, 1.54) is 6.07 Å². The van der Waals surface area contributed by atoms with Crippen LogP contribution in [0.4, 0.5) is 11.4 Å². The molecule has 0 aromatic heterocycles. The maximum atomic E-state index is 10.7. The molecule has 0 saturated heterocycles. The summed E-state index contributed by atoms with van der Waals surface area (Å²) in [6.07, 6.45) is 0. The van der Waals surface area contributed by atoms with Crippen molar-refractivity contribution < 1.29 is 4.92 Å². The molecule has 1 aromatic carbocycles. The average molecular weight is 229 g/mol. The number of nitrogens with zero attached hydrogens (tertiary/aromatic N) is 1. The first-order valence-corrected chi connectivity index (χ1v) is 5.07. The molecule has 15 heavy (non-hydrogen) atoms. The number of hydrogen-bond donors (Lipinski definition) is 1. The molecule has 0 aliphatic rings. The van der Waals surface area contributed by atoms with Crippen molar-refractivity contribution in [2.75, 3.05) is 11.9 Å².